The van der Waals surface area contributed by atoms with E-state index in [2.05, 4.69) is 6.58 Å². The molecule has 0 saturated heterocycles. The predicted molar refractivity (Wildman–Crippen MR) is 21.2 cm³/mol. The molecule has 0 aliphatic heterocycles. The van der Waals surface area contributed by atoms with Gasteiger partial charge in [0.25, 0.3) is 6.43 Å². The van der Waals surface area contributed by atoms with Gasteiger partial charge >= 0.3 is 0 Å². The summed E-state index contributed by atoms with van der Waals surface area (Å²) in [5.74, 6) is -1.22. The van der Waals surface area contributed by atoms with Gasteiger partial charge < -0.3 is 0 Å². The number of carbonyl (C=O) groups excluding carboxylic acids is 1. The molecule has 0 aromatic carbocycles. The maximum absolute atomic E-state index is 11.0. The van der Waals surface area contributed by atoms with Crippen molar-refractivity contribution in [2.45, 2.75) is 6.43 Å². The number of halogens is 2. The van der Waals surface area contributed by atoms with E-state index in [0.717, 1.165) is 0 Å². The van der Waals surface area contributed by atoms with Crippen LogP contribution in [-0.2, 0) is 4.79 Å². The van der Waals surface area contributed by atoms with Crippen LogP contribution in [-0.4, -0.2) is 12.2 Å². The molecule has 0 aliphatic carbocycles. The second kappa shape index (κ2) is 2.44. The standard InChI is InChI=1S/C4H4F2O/c1-2-3(7)4(5)6/h2,4H,1H2. The van der Waals surface area contributed by atoms with Crippen LogP contribution in [0.2, 0.25) is 0 Å². The summed E-state index contributed by atoms with van der Waals surface area (Å²) >= 11 is 0. The minimum absolute atomic E-state index is 0.602. The minimum atomic E-state index is -2.89. The monoisotopic (exact) mass is 106 g/mol. The van der Waals surface area contributed by atoms with Crippen molar-refractivity contribution in [3.8, 4) is 0 Å². The molecule has 40 valence electrons. The summed E-state index contributed by atoms with van der Waals surface area (Å²) < 4.78 is 22.0. The lowest BCUT2D eigenvalue weighted by Crippen LogP contribution is -2.04. The largest absolute Gasteiger partial charge is 0.299 e. The molecule has 0 aliphatic rings. The van der Waals surface area contributed by atoms with E-state index < -0.39 is 12.2 Å². The molecular formula is C4H4F2O. The van der Waals surface area contributed by atoms with Gasteiger partial charge in [-0.25, -0.2) is 8.78 Å². The molecule has 0 rings (SSSR count). The fraction of sp³-hybridized carbons (Fsp3) is 0.250. The van der Waals surface area contributed by atoms with Crippen LogP contribution >= 0.6 is 0 Å². The van der Waals surface area contributed by atoms with E-state index in [4.69, 9.17) is 0 Å². The molecular weight excluding hydrogens is 102 g/mol. The van der Waals surface area contributed by atoms with Crippen LogP contribution in [0.25, 0.3) is 0 Å². The molecule has 0 radical (unpaired) electrons. The highest BCUT2D eigenvalue weighted by molar-refractivity contribution is 5.91. The van der Waals surface area contributed by atoms with Crippen molar-refractivity contribution in [1.29, 1.82) is 0 Å². The highest BCUT2D eigenvalue weighted by Crippen LogP contribution is 1.92. The third kappa shape index (κ3) is 2.03. The van der Waals surface area contributed by atoms with Crippen LogP contribution in [0.3, 0.4) is 0 Å². The normalized spacial score (nSPS) is 9.00. The first-order valence-electron chi connectivity index (χ1n) is 1.63. The van der Waals surface area contributed by atoms with Crippen molar-refractivity contribution in [1.82, 2.24) is 0 Å². The van der Waals surface area contributed by atoms with E-state index >= 15 is 0 Å². The van der Waals surface area contributed by atoms with Crippen LogP contribution in [0.5, 0.6) is 0 Å². The zero-order valence-corrected chi connectivity index (χ0v) is 3.53. The number of hydrogen-bond acceptors (Lipinski definition) is 1. The van der Waals surface area contributed by atoms with E-state index in [9.17, 15) is 13.6 Å². The van der Waals surface area contributed by atoms with Gasteiger partial charge in [-0.15, -0.1) is 0 Å². The lowest BCUT2D eigenvalue weighted by molar-refractivity contribution is -0.124. The Morgan fingerprint density at radius 2 is 2.14 bits per heavy atom. The Morgan fingerprint density at radius 1 is 1.71 bits per heavy atom. The topological polar surface area (TPSA) is 17.1 Å². The van der Waals surface area contributed by atoms with Gasteiger partial charge in [0.1, 0.15) is 0 Å². The van der Waals surface area contributed by atoms with Gasteiger partial charge in [0.2, 0.25) is 5.78 Å². The zero-order chi connectivity index (χ0) is 5.86. The number of alkyl halides is 2. The van der Waals surface area contributed by atoms with Crippen molar-refractivity contribution in [3.05, 3.63) is 12.7 Å². The summed E-state index contributed by atoms with van der Waals surface area (Å²) in [6, 6.07) is 0. The van der Waals surface area contributed by atoms with E-state index in [1.807, 2.05) is 0 Å². The summed E-state index contributed by atoms with van der Waals surface area (Å²) in [5, 5.41) is 0. The molecule has 0 bridgehead atoms. The SMILES string of the molecule is C=CC(=O)C(F)F. The minimum Gasteiger partial charge on any atom is -0.288 e. The Bertz CT molecular complexity index is 87.7. The first kappa shape index (κ1) is 6.27. The summed E-state index contributed by atoms with van der Waals surface area (Å²) in [6.07, 6.45) is -2.29. The first-order valence-corrected chi connectivity index (χ1v) is 1.63. The van der Waals surface area contributed by atoms with Gasteiger partial charge in [0.15, 0.2) is 0 Å². The van der Waals surface area contributed by atoms with Crippen LogP contribution in [0.1, 0.15) is 0 Å². The Hall–Kier alpha value is -0.730. The summed E-state index contributed by atoms with van der Waals surface area (Å²) in [6.45, 7) is 2.85. The highest BCUT2D eigenvalue weighted by Gasteiger charge is 2.08. The molecule has 0 amide bonds. The number of carbonyl (C=O) groups is 1. The Morgan fingerprint density at radius 3 is 2.14 bits per heavy atom. The highest BCUT2D eigenvalue weighted by atomic mass is 19.3. The van der Waals surface area contributed by atoms with Crippen molar-refractivity contribution in [3.63, 3.8) is 0 Å². The molecule has 0 spiro atoms. The van der Waals surface area contributed by atoms with Gasteiger partial charge in [-0.05, 0) is 6.08 Å². The lowest BCUT2D eigenvalue weighted by Gasteiger charge is -1.84. The maximum Gasteiger partial charge on any atom is 0.299 e. The van der Waals surface area contributed by atoms with Crippen molar-refractivity contribution in [2.75, 3.05) is 0 Å². The molecule has 0 fully saturated rings. The summed E-state index contributed by atoms with van der Waals surface area (Å²) in [4.78, 5) is 9.64. The fourth-order valence-corrected chi connectivity index (χ4v) is 0.0891. The smallest absolute Gasteiger partial charge is 0.288 e. The first-order chi connectivity index (χ1) is 3.18. The molecule has 0 heterocycles. The van der Waals surface area contributed by atoms with Gasteiger partial charge in [0.05, 0.1) is 0 Å². The third-order valence-electron chi connectivity index (χ3n) is 0.416. The number of hydrogen-bond donors (Lipinski definition) is 0. The second-order valence-corrected chi connectivity index (χ2v) is 0.907. The van der Waals surface area contributed by atoms with E-state index in [1.165, 1.54) is 0 Å². The average molecular weight is 106 g/mol. The Kier molecular flexibility index (Phi) is 2.19. The van der Waals surface area contributed by atoms with Crippen LogP contribution in [0.15, 0.2) is 12.7 Å². The van der Waals surface area contributed by atoms with Crippen LogP contribution in [0, 0.1) is 0 Å². The molecule has 7 heavy (non-hydrogen) atoms. The quantitative estimate of drug-likeness (QED) is 0.480. The molecule has 0 atom stereocenters. The fourth-order valence-electron chi connectivity index (χ4n) is 0.0891. The van der Waals surface area contributed by atoms with Gasteiger partial charge in [-0.2, -0.15) is 0 Å². The Balaban J connectivity index is 3.56. The second-order valence-electron chi connectivity index (χ2n) is 0.907. The Labute approximate surface area is 39.6 Å². The molecule has 0 aromatic rings. The number of ketones is 1. The molecule has 0 unspecified atom stereocenters. The summed E-state index contributed by atoms with van der Waals surface area (Å²) in [5.41, 5.74) is 0. The maximum atomic E-state index is 11.0. The van der Waals surface area contributed by atoms with Gasteiger partial charge in [0, 0.05) is 0 Å². The predicted octanol–water partition coefficient (Wildman–Crippen LogP) is 1.01. The third-order valence-corrected chi connectivity index (χ3v) is 0.416. The molecule has 0 saturated carbocycles. The molecule has 0 aromatic heterocycles. The average Bonchev–Trinajstić information content (AvgIpc) is 1.65. The van der Waals surface area contributed by atoms with Crippen molar-refractivity contribution in [2.24, 2.45) is 0 Å². The van der Waals surface area contributed by atoms with Gasteiger partial charge in [-0.3, -0.25) is 4.79 Å². The number of rotatable bonds is 2. The summed E-state index contributed by atoms with van der Waals surface area (Å²) in [7, 11) is 0. The van der Waals surface area contributed by atoms with E-state index in [0.29, 0.717) is 6.08 Å². The molecule has 0 N–H and O–H groups in total. The van der Waals surface area contributed by atoms with Crippen LogP contribution < -0.4 is 0 Å². The van der Waals surface area contributed by atoms with Crippen LogP contribution in [0.4, 0.5) is 8.78 Å². The van der Waals surface area contributed by atoms with Gasteiger partial charge in [-0.1, -0.05) is 6.58 Å². The lowest BCUT2D eigenvalue weighted by atomic mass is 10.4. The van der Waals surface area contributed by atoms with E-state index in [-0.39, 0.29) is 0 Å². The van der Waals surface area contributed by atoms with Crippen molar-refractivity contribution >= 4 is 5.78 Å². The molecule has 1 nitrogen and oxygen atoms in total. The van der Waals surface area contributed by atoms with Crippen molar-refractivity contribution < 1.29 is 13.6 Å². The number of allylic oxidation sites excluding steroid dienone is 1. The zero-order valence-electron chi connectivity index (χ0n) is 3.53. The van der Waals surface area contributed by atoms with E-state index in [1.54, 1.807) is 0 Å². The molecule has 3 heteroatoms.